The summed E-state index contributed by atoms with van der Waals surface area (Å²) in [5.74, 6) is -1.05. The van der Waals surface area contributed by atoms with Gasteiger partial charge in [-0.2, -0.15) is 24.0 Å². The number of sulfone groups is 1. The van der Waals surface area contributed by atoms with E-state index in [0.29, 0.717) is 47.0 Å². The van der Waals surface area contributed by atoms with Gasteiger partial charge in [0.25, 0.3) is 11.8 Å². The summed E-state index contributed by atoms with van der Waals surface area (Å²) in [7, 11) is -1.72. The van der Waals surface area contributed by atoms with Crippen molar-refractivity contribution in [2.45, 2.75) is 49.3 Å². The Morgan fingerprint density at radius 3 is 2.45 bits per heavy atom. The van der Waals surface area contributed by atoms with Gasteiger partial charge in [-0.15, -0.1) is 0 Å². The number of carbonyl (C=O) groups is 2. The fraction of sp³-hybridized carbons (Fsp3) is 0.370. The number of ether oxygens (including phenoxy) is 1. The third-order valence-corrected chi connectivity index (χ3v) is 9.09. The van der Waals surface area contributed by atoms with Gasteiger partial charge in [0.15, 0.2) is 21.2 Å². The average Bonchev–Trinajstić information content (AvgIpc) is 3.49. The molecule has 3 aromatic heterocycles. The number of rotatable bonds is 8. The number of pyridine rings is 1. The van der Waals surface area contributed by atoms with E-state index < -0.39 is 28.2 Å². The van der Waals surface area contributed by atoms with E-state index in [2.05, 4.69) is 20.5 Å². The molecule has 6 rings (SSSR count). The number of hydrogen-bond donors (Lipinski definition) is 2. The van der Waals surface area contributed by atoms with E-state index in [9.17, 15) is 26.8 Å². The standard InChI is InChI=1S/C27H27F2N7O5S/c1-35-23-15(13-31-35)7-19(22(30)37)25(33-23)41-17-11-27(12-17)9-16(10-27)32-24(38)20-8-21(36(34-20)26(28)29)14-3-5-18(6-4-14)42(2,39)40/h3-8,13,16-17,26H,9-12H2,1-2H3,(H2,30,37)(H,32,38). The monoisotopic (exact) mass is 599 g/mol. The summed E-state index contributed by atoms with van der Waals surface area (Å²) in [5, 5.41) is 11.5. The highest BCUT2D eigenvalue weighted by Gasteiger charge is 2.54. The first-order valence-electron chi connectivity index (χ1n) is 13.1. The van der Waals surface area contributed by atoms with Crippen LogP contribution in [-0.4, -0.2) is 63.2 Å². The number of hydrogen-bond acceptors (Lipinski definition) is 8. The van der Waals surface area contributed by atoms with Crippen LogP contribution < -0.4 is 15.8 Å². The molecule has 2 saturated carbocycles. The number of carbonyl (C=O) groups excluding carboxylic acids is 2. The maximum absolute atomic E-state index is 13.7. The largest absolute Gasteiger partial charge is 0.474 e. The van der Waals surface area contributed by atoms with E-state index in [0.717, 1.165) is 6.26 Å². The number of aromatic nitrogens is 5. The van der Waals surface area contributed by atoms with Crippen molar-refractivity contribution in [1.82, 2.24) is 29.9 Å². The van der Waals surface area contributed by atoms with Gasteiger partial charge in [0, 0.05) is 30.3 Å². The van der Waals surface area contributed by atoms with Gasteiger partial charge < -0.3 is 15.8 Å². The summed E-state index contributed by atoms with van der Waals surface area (Å²) < 4.78 is 58.9. The van der Waals surface area contributed by atoms with E-state index in [-0.39, 0.29) is 45.3 Å². The van der Waals surface area contributed by atoms with Crippen LogP contribution >= 0.6 is 0 Å². The molecule has 0 unspecified atom stereocenters. The lowest BCUT2D eigenvalue weighted by atomic mass is 9.53. The van der Waals surface area contributed by atoms with Gasteiger partial charge in [-0.3, -0.25) is 14.3 Å². The van der Waals surface area contributed by atoms with Gasteiger partial charge in [0.1, 0.15) is 11.7 Å². The maximum atomic E-state index is 13.7. The Bertz CT molecular complexity index is 1820. The molecule has 15 heteroatoms. The molecular formula is C27H27F2N7O5S. The van der Waals surface area contributed by atoms with Crippen molar-refractivity contribution in [3.8, 4) is 17.1 Å². The molecule has 220 valence electrons. The summed E-state index contributed by atoms with van der Waals surface area (Å²) >= 11 is 0. The number of nitrogens with zero attached hydrogens (tertiary/aromatic N) is 5. The predicted octanol–water partition coefficient (Wildman–Crippen LogP) is 2.85. The molecule has 3 N–H and O–H groups in total. The summed E-state index contributed by atoms with van der Waals surface area (Å²) in [4.78, 5) is 29.4. The Hall–Kier alpha value is -4.40. The van der Waals surface area contributed by atoms with Crippen molar-refractivity contribution in [3.05, 3.63) is 53.9 Å². The second-order valence-corrected chi connectivity index (χ2v) is 13.1. The lowest BCUT2D eigenvalue weighted by Gasteiger charge is -2.57. The number of benzene rings is 1. The molecule has 42 heavy (non-hydrogen) atoms. The van der Waals surface area contributed by atoms with Crippen LogP contribution in [0.15, 0.2) is 47.5 Å². The van der Waals surface area contributed by atoms with Gasteiger partial charge >= 0.3 is 6.55 Å². The van der Waals surface area contributed by atoms with Crippen molar-refractivity contribution in [1.29, 1.82) is 0 Å². The smallest absolute Gasteiger partial charge is 0.333 e. The molecule has 0 atom stereocenters. The number of fused-ring (bicyclic) bond motifs is 1. The van der Waals surface area contributed by atoms with Crippen LogP contribution in [0.25, 0.3) is 22.3 Å². The maximum Gasteiger partial charge on any atom is 0.333 e. The lowest BCUT2D eigenvalue weighted by Crippen LogP contribution is -2.58. The minimum Gasteiger partial charge on any atom is -0.474 e. The van der Waals surface area contributed by atoms with Crippen LogP contribution in [0.2, 0.25) is 0 Å². The van der Waals surface area contributed by atoms with E-state index in [1.807, 2.05) is 0 Å². The average molecular weight is 600 g/mol. The first kappa shape index (κ1) is 27.8. The molecule has 2 amide bonds. The van der Waals surface area contributed by atoms with Gasteiger partial charge in [-0.1, -0.05) is 12.1 Å². The molecule has 0 radical (unpaired) electrons. The quantitative estimate of drug-likeness (QED) is 0.312. The Labute approximate surface area is 238 Å². The van der Waals surface area contributed by atoms with Crippen LogP contribution in [0.3, 0.4) is 0 Å². The van der Waals surface area contributed by atoms with Gasteiger partial charge in [-0.05, 0) is 55.4 Å². The fourth-order valence-electron chi connectivity index (χ4n) is 5.90. The summed E-state index contributed by atoms with van der Waals surface area (Å²) in [6.07, 6.45) is 5.25. The van der Waals surface area contributed by atoms with E-state index in [4.69, 9.17) is 10.5 Å². The molecule has 0 saturated heterocycles. The molecule has 2 fully saturated rings. The van der Waals surface area contributed by atoms with E-state index >= 15 is 0 Å². The van der Waals surface area contributed by atoms with Crippen LogP contribution in [0.4, 0.5) is 8.78 Å². The number of halogens is 2. The summed E-state index contributed by atoms with van der Waals surface area (Å²) in [6.45, 7) is -3.00. The van der Waals surface area contributed by atoms with E-state index in [1.54, 1.807) is 24.0 Å². The van der Waals surface area contributed by atoms with E-state index in [1.165, 1.54) is 30.3 Å². The van der Waals surface area contributed by atoms with Crippen molar-refractivity contribution in [3.63, 3.8) is 0 Å². The third kappa shape index (κ3) is 4.97. The van der Waals surface area contributed by atoms with Crippen LogP contribution in [0.5, 0.6) is 5.88 Å². The number of primary amides is 1. The molecular weight excluding hydrogens is 572 g/mol. The van der Waals surface area contributed by atoms with Crippen molar-refractivity contribution in [2.75, 3.05) is 6.26 Å². The second kappa shape index (κ2) is 9.86. The second-order valence-electron chi connectivity index (χ2n) is 11.0. The van der Waals surface area contributed by atoms with Crippen molar-refractivity contribution >= 4 is 32.7 Å². The normalized spacial score (nSPS) is 21.7. The number of alkyl halides is 2. The Morgan fingerprint density at radius 1 is 1.14 bits per heavy atom. The Kier molecular flexibility index (Phi) is 6.51. The number of amides is 2. The minimum absolute atomic E-state index is 0.00693. The third-order valence-electron chi connectivity index (χ3n) is 7.96. The molecule has 1 spiro atoms. The predicted molar refractivity (Wildman–Crippen MR) is 146 cm³/mol. The molecule has 0 bridgehead atoms. The first-order valence-corrected chi connectivity index (χ1v) is 15.0. The number of nitrogens with one attached hydrogen (secondary N) is 1. The molecule has 0 aliphatic heterocycles. The molecule has 12 nitrogen and oxygen atoms in total. The summed E-state index contributed by atoms with van der Waals surface area (Å²) in [5.41, 5.74) is 6.39. The number of nitrogens with two attached hydrogens (primary N) is 1. The summed E-state index contributed by atoms with van der Waals surface area (Å²) in [6, 6.07) is 8.16. The van der Waals surface area contributed by atoms with Crippen molar-refractivity contribution < 1.29 is 31.5 Å². The highest BCUT2D eigenvalue weighted by molar-refractivity contribution is 7.90. The van der Waals surface area contributed by atoms with Crippen molar-refractivity contribution in [2.24, 2.45) is 18.2 Å². The highest BCUT2D eigenvalue weighted by Crippen LogP contribution is 2.57. The zero-order valence-corrected chi connectivity index (χ0v) is 23.4. The molecule has 2 aliphatic rings. The van der Waals surface area contributed by atoms with Gasteiger partial charge in [0.2, 0.25) is 5.88 Å². The zero-order chi connectivity index (χ0) is 30.0. The lowest BCUT2D eigenvalue weighted by molar-refractivity contribution is -0.0847. The van der Waals surface area contributed by atoms with Crippen LogP contribution in [0.1, 0.15) is 53.1 Å². The topological polar surface area (TPSA) is 164 Å². The first-order chi connectivity index (χ1) is 19.8. The van der Waals surface area contributed by atoms with Crippen LogP contribution in [0, 0.1) is 5.41 Å². The van der Waals surface area contributed by atoms with Gasteiger partial charge in [0.05, 0.1) is 16.8 Å². The molecule has 4 aromatic rings. The highest BCUT2D eigenvalue weighted by atomic mass is 32.2. The molecule has 3 heterocycles. The Morgan fingerprint density at radius 2 is 1.83 bits per heavy atom. The fourth-order valence-corrected chi connectivity index (χ4v) is 6.53. The van der Waals surface area contributed by atoms with Crippen LogP contribution in [-0.2, 0) is 16.9 Å². The SMILES string of the molecule is Cn1ncc2cc(C(N)=O)c(OC3CC4(CC(NC(=O)c5cc(-c6ccc(S(C)(=O)=O)cc6)n(C(F)F)n5)C4)C3)nc21. The minimum atomic E-state index is -3.45. The zero-order valence-electron chi connectivity index (χ0n) is 22.6. The Balaban J connectivity index is 1.08. The molecule has 1 aromatic carbocycles. The number of aryl methyl sites for hydroxylation is 1. The van der Waals surface area contributed by atoms with Gasteiger partial charge in [-0.25, -0.2) is 13.1 Å². The molecule has 2 aliphatic carbocycles.